The van der Waals surface area contributed by atoms with Gasteiger partial charge in [-0.1, -0.05) is 81.6 Å². The summed E-state index contributed by atoms with van der Waals surface area (Å²) in [6.07, 6.45) is -1.99. The SMILES string of the molecule is CC[C@H](C)[C@@H]1NC(=O)CNC(=O)[C@@H]2Cc3c([nH]c4cc(OC)ccc34)SC[C@H](NC(=O)CNC1=O)C(=O)N[C@@H](CC(N)=O)C(=O)N1C[C@H](OC(=O)NCCCCCCNC(=O)OC(C)(C)C)CC1C(=O)N[C@@H]([C@@H](C)C(CO[Si](C)(C)C(C)(C)C)O[Si](C)(C)C(C)(C)C)C(=O)N2. The Morgan fingerprint density at radius 1 is 0.726 bits per heavy atom. The van der Waals surface area contributed by atoms with Gasteiger partial charge in [0.2, 0.25) is 53.2 Å². The Morgan fingerprint density at radius 3 is 1.93 bits per heavy atom. The number of H-pyrrole nitrogens is 1. The fraction of sp³-hybridized carbons (Fsp3) is 0.703. The van der Waals surface area contributed by atoms with E-state index >= 15 is 19.2 Å². The van der Waals surface area contributed by atoms with Gasteiger partial charge in [-0.2, -0.15) is 0 Å². The van der Waals surface area contributed by atoms with E-state index in [1.165, 1.54) is 7.11 Å². The highest BCUT2D eigenvalue weighted by molar-refractivity contribution is 7.99. The van der Waals surface area contributed by atoms with Crippen LogP contribution in [0.3, 0.4) is 0 Å². The Kier molecular flexibility index (Phi) is 28.0. The number of fused-ring (bicyclic) bond motifs is 5. The Morgan fingerprint density at radius 2 is 1.34 bits per heavy atom. The average molecular weight is 1390 g/mol. The largest absolute Gasteiger partial charge is 0.497 e. The highest BCUT2D eigenvalue weighted by Crippen LogP contribution is 2.41. The molecule has 0 saturated carbocycles. The summed E-state index contributed by atoms with van der Waals surface area (Å²) in [7, 11) is -3.91. The normalized spacial score (nSPS) is 23.0. The van der Waals surface area contributed by atoms with Crippen LogP contribution in [0.25, 0.3) is 10.9 Å². The fourth-order valence-electron chi connectivity index (χ4n) is 10.4. The third-order valence-electron chi connectivity index (χ3n) is 18.4. The Hall–Kier alpha value is -6.97. The lowest BCUT2D eigenvalue weighted by molar-refractivity contribution is -0.144. The number of hydrogen-bond acceptors (Lipinski definition) is 17. The standard InChI is InChI=1S/C64H106N12O16SSi2/c1-18-36(2)51-56(83)69-31-49(78)70-45-35-93-58-41(40-24-23-38(88-13)27-42(40)73-58)29-43(53(80)68-32-50(79)74-51)71-57(84)52(37(3)47(92-95(16,17)64(10,11)12)34-89-94(14,15)63(7,8)9)75-55(82)46-28-39(33-76(46)59(85)44(30-48(65)77)72-54(45)81)90-60(86)66-25-21-19-20-22-26-67-61(87)91-62(4,5)6/h23-24,27,36-37,39,43-47,51-52,73H,18-22,25-26,28-35H2,1-17H3,(H2,65,77)(H,66,86)(H,67,87)(H,68,80)(H,69,83)(H,70,78)(H,71,84)(H,72,81)(H,74,79)(H,75,82)/t36-,37-,39+,43-,44-,45-,46?,47?,51-,52-/m0/s1. The van der Waals surface area contributed by atoms with Gasteiger partial charge in [-0.25, -0.2) is 9.59 Å². The maximum absolute atomic E-state index is 15.9. The van der Waals surface area contributed by atoms with Gasteiger partial charge in [-0.15, -0.1) is 11.8 Å². The molecule has 2 aromatic rings. The monoisotopic (exact) mass is 1390 g/mol. The number of aromatic nitrogens is 1. The molecule has 1 fully saturated rings. The van der Waals surface area contributed by atoms with Crippen LogP contribution in [-0.4, -0.2) is 198 Å². The molecule has 1 aromatic carbocycles. The first-order valence-electron chi connectivity index (χ1n) is 32.8. The van der Waals surface area contributed by atoms with Gasteiger partial charge in [0.1, 0.15) is 53.7 Å². The van der Waals surface area contributed by atoms with E-state index in [1.54, 1.807) is 59.7 Å². The molecule has 1 saturated heterocycles. The number of primary amides is 1. The number of nitrogens with zero attached hydrogens (tertiary/aromatic N) is 1. The van der Waals surface area contributed by atoms with Crippen LogP contribution < -0.4 is 58.3 Å². The van der Waals surface area contributed by atoms with Crippen molar-refractivity contribution >= 4 is 105 Å². The van der Waals surface area contributed by atoms with Crippen LogP contribution in [-0.2, 0) is 67.9 Å². The zero-order valence-electron chi connectivity index (χ0n) is 58.6. The Balaban J connectivity index is 1.69. The summed E-state index contributed by atoms with van der Waals surface area (Å²) in [4.78, 5) is 162. The van der Waals surface area contributed by atoms with Crippen molar-refractivity contribution in [3.63, 3.8) is 0 Å². The quantitative estimate of drug-likeness (QED) is 0.0652. The first-order chi connectivity index (χ1) is 44.1. The molecule has 3 aliphatic heterocycles. The smallest absolute Gasteiger partial charge is 0.407 e. The fourth-order valence-corrected chi connectivity index (χ4v) is 13.9. The molecule has 2 unspecified atom stereocenters. The molecule has 0 radical (unpaired) electrons. The van der Waals surface area contributed by atoms with Gasteiger partial charge in [-0.3, -0.25) is 43.2 Å². The predicted molar refractivity (Wildman–Crippen MR) is 364 cm³/mol. The van der Waals surface area contributed by atoms with E-state index in [9.17, 15) is 33.6 Å². The van der Waals surface area contributed by atoms with Crippen LogP contribution in [0, 0.1) is 11.8 Å². The number of aromatic amines is 1. The van der Waals surface area contributed by atoms with E-state index in [4.69, 9.17) is 28.8 Å². The third-order valence-corrected chi connectivity index (χ3v) is 28.5. The first kappa shape index (κ1) is 78.7. The van der Waals surface area contributed by atoms with Crippen molar-refractivity contribution in [1.29, 1.82) is 0 Å². The van der Waals surface area contributed by atoms with Crippen LogP contribution in [0.4, 0.5) is 9.59 Å². The molecule has 2 bridgehead atoms. The number of ether oxygens (including phenoxy) is 3. The van der Waals surface area contributed by atoms with Gasteiger partial charge in [0.15, 0.2) is 16.6 Å². The van der Waals surface area contributed by atoms with Crippen LogP contribution in [0.1, 0.15) is 134 Å². The highest BCUT2D eigenvalue weighted by atomic mass is 32.2. The van der Waals surface area contributed by atoms with Crippen molar-refractivity contribution in [2.24, 2.45) is 17.6 Å². The van der Waals surface area contributed by atoms with Crippen LogP contribution in [0.15, 0.2) is 23.2 Å². The molecule has 10 atom stereocenters. The maximum atomic E-state index is 15.9. The number of nitrogens with two attached hydrogens (primary N) is 1. The minimum Gasteiger partial charge on any atom is -0.497 e. The summed E-state index contributed by atoms with van der Waals surface area (Å²) in [5, 5.41) is 24.7. The number of methoxy groups -OCH3 is 1. The molecule has 532 valence electrons. The number of alkyl carbamates (subject to hydrolysis) is 2. The van der Waals surface area contributed by atoms with E-state index in [-0.39, 0.29) is 41.8 Å². The molecule has 0 aliphatic carbocycles. The molecule has 3 aliphatic rings. The van der Waals surface area contributed by atoms with Gasteiger partial charge < -0.3 is 86.5 Å². The number of carbonyl (C=O) groups is 11. The van der Waals surface area contributed by atoms with Crippen LogP contribution in [0.2, 0.25) is 36.3 Å². The molecule has 1 aromatic heterocycles. The molecule has 4 heterocycles. The molecule has 0 spiro atoms. The first-order valence-corrected chi connectivity index (χ1v) is 39.6. The number of benzene rings is 1. The lowest BCUT2D eigenvalue weighted by atomic mass is 9.93. The Bertz CT molecular complexity index is 3090. The number of hydrogen-bond donors (Lipinski definition) is 11. The van der Waals surface area contributed by atoms with Gasteiger partial charge in [0.25, 0.3) is 0 Å². The number of unbranched alkanes of at least 4 members (excludes halogenated alkanes) is 3. The van der Waals surface area contributed by atoms with Crippen molar-refractivity contribution < 1.29 is 75.8 Å². The van der Waals surface area contributed by atoms with E-state index in [0.717, 1.165) is 16.7 Å². The van der Waals surface area contributed by atoms with Gasteiger partial charge in [0, 0.05) is 49.1 Å². The van der Waals surface area contributed by atoms with Crippen molar-refractivity contribution in [3.8, 4) is 5.75 Å². The second-order valence-corrected chi connectivity index (χ2v) is 39.6. The van der Waals surface area contributed by atoms with E-state index < -0.39 is 174 Å². The van der Waals surface area contributed by atoms with Crippen LogP contribution in [0.5, 0.6) is 5.75 Å². The maximum Gasteiger partial charge on any atom is 0.407 e. The highest BCUT2D eigenvalue weighted by Gasteiger charge is 2.49. The predicted octanol–water partition coefficient (Wildman–Crippen LogP) is 4.25. The van der Waals surface area contributed by atoms with Crippen molar-refractivity contribution in [1.82, 2.24) is 57.7 Å². The van der Waals surface area contributed by atoms with E-state index in [1.807, 2.05) is 13.1 Å². The molecule has 31 heteroatoms. The minimum absolute atomic E-state index is 0.0296. The molecular formula is C64H106N12O16SSi2. The van der Waals surface area contributed by atoms with Crippen molar-refractivity contribution in [2.75, 3.05) is 52.2 Å². The van der Waals surface area contributed by atoms with E-state index in [0.29, 0.717) is 65.9 Å². The van der Waals surface area contributed by atoms with Crippen molar-refractivity contribution in [2.45, 2.75) is 230 Å². The topological polar surface area (TPSA) is 387 Å². The second kappa shape index (κ2) is 33.8. The molecule has 12 N–H and O–H groups in total. The molecule has 28 nitrogen and oxygen atoms in total. The van der Waals surface area contributed by atoms with Gasteiger partial charge in [-0.05, 0) is 93.5 Å². The number of rotatable bonds is 20. The second-order valence-electron chi connectivity index (χ2n) is 29.0. The molecular weight excluding hydrogens is 1280 g/mol. The number of amides is 11. The number of nitrogens with one attached hydrogen (secondary N) is 10. The van der Waals surface area contributed by atoms with Crippen molar-refractivity contribution in [3.05, 3.63) is 23.8 Å². The molecule has 95 heavy (non-hydrogen) atoms. The van der Waals surface area contributed by atoms with E-state index in [2.05, 4.69) is 107 Å². The lowest BCUT2D eigenvalue weighted by Crippen LogP contribution is -2.62. The Labute approximate surface area is 564 Å². The number of thioether (sulfide) groups is 1. The average Bonchev–Trinajstić information content (AvgIpc) is 1.72. The zero-order chi connectivity index (χ0) is 71.1. The molecule has 5 rings (SSSR count). The summed E-state index contributed by atoms with van der Waals surface area (Å²) >= 11 is 1.03. The summed E-state index contributed by atoms with van der Waals surface area (Å²) in [5.41, 5.74) is 6.12. The third kappa shape index (κ3) is 22.8. The minimum atomic E-state index is -2.80. The van der Waals surface area contributed by atoms with Gasteiger partial charge in [0.05, 0.1) is 56.4 Å². The van der Waals surface area contributed by atoms with Crippen LogP contribution >= 0.6 is 11.8 Å². The summed E-state index contributed by atoms with van der Waals surface area (Å²) in [6.45, 7) is 29.9. The number of carbonyl (C=O) groups excluding carboxylic acids is 11. The zero-order valence-corrected chi connectivity index (χ0v) is 61.4. The summed E-state index contributed by atoms with van der Waals surface area (Å²) < 4.78 is 30.9. The lowest BCUT2D eigenvalue weighted by Gasteiger charge is -2.44. The molecule has 11 amide bonds. The van der Waals surface area contributed by atoms with Gasteiger partial charge >= 0.3 is 12.2 Å². The summed E-state index contributed by atoms with van der Waals surface area (Å²) in [6, 6.07) is -4.18. The summed E-state index contributed by atoms with van der Waals surface area (Å²) in [5.74, 6) is -9.42.